The van der Waals surface area contributed by atoms with Crippen molar-refractivity contribution in [3.05, 3.63) is 35.9 Å². The Morgan fingerprint density at radius 3 is 1.52 bits per heavy atom. The van der Waals surface area contributed by atoms with E-state index in [0.717, 1.165) is 18.4 Å². The third-order valence-corrected chi connectivity index (χ3v) is 10.5. The molecule has 1 amide bonds. The highest BCUT2D eigenvalue weighted by molar-refractivity contribution is 5.84. The number of Topliss-reactive ketones (excluding diaryl/α,β-unsaturated/α-hetero) is 1. The van der Waals surface area contributed by atoms with Gasteiger partial charge in [0.05, 0.1) is 43.6 Å². The number of nitrogens with one attached hydrogen (secondary N) is 1. The first kappa shape index (κ1) is 59.7. The molecular weight excluding hydrogens is 779 g/mol. The molecule has 0 saturated heterocycles. The summed E-state index contributed by atoms with van der Waals surface area (Å²) in [7, 11) is 6.84. The Bertz CT molecular complexity index is 1410. The van der Waals surface area contributed by atoms with Crippen LogP contribution in [0, 0.1) is 29.6 Å². The third kappa shape index (κ3) is 25.3. The Balaban J connectivity index is 0. The van der Waals surface area contributed by atoms with E-state index in [9.17, 15) is 24.0 Å². The molecule has 0 bridgehead atoms. The monoisotopic (exact) mass is 866 g/mol. The zero-order chi connectivity index (χ0) is 47.8. The number of ketones is 1. The number of hydrogen-bond donors (Lipinski definition) is 2. The Kier molecular flexibility index (Phi) is 29.2. The summed E-state index contributed by atoms with van der Waals surface area (Å²) < 4.78 is 27.0. The highest BCUT2D eigenvalue weighted by Gasteiger charge is 2.37. The summed E-state index contributed by atoms with van der Waals surface area (Å²) in [5.74, 6) is -0.386. The molecule has 0 saturated carbocycles. The number of esters is 3. The molecule has 1 rings (SSSR count). The van der Waals surface area contributed by atoms with E-state index >= 15 is 0 Å². The molecule has 0 fully saturated rings. The minimum absolute atomic E-state index is 0.0411. The van der Waals surface area contributed by atoms with Gasteiger partial charge in [-0.05, 0) is 84.7 Å². The van der Waals surface area contributed by atoms with Crippen molar-refractivity contribution in [1.82, 2.24) is 10.2 Å². The Labute approximate surface area is 370 Å². The maximum absolute atomic E-state index is 12.7. The van der Waals surface area contributed by atoms with Crippen molar-refractivity contribution in [1.29, 1.82) is 0 Å². The minimum Gasteiger partial charge on any atom is -0.461 e. The molecule has 0 unspecified atom stereocenters. The summed E-state index contributed by atoms with van der Waals surface area (Å²) in [5, 5.41) is 3.24. The second-order valence-corrected chi connectivity index (χ2v) is 18.7. The van der Waals surface area contributed by atoms with Crippen LogP contribution in [0.2, 0.25) is 0 Å². The van der Waals surface area contributed by atoms with Crippen molar-refractivity contribution < 1.29 is 47.7 Å². The molecule has 61 heavy (non-hydrogen) atoms. The molecule has 1 aromatic carbocycles. The molecule has 0 aliphatic carbocycles. The van der Waals surface area contributed by atoms with Gasteiger partial charge in [0.1, 0.15) is 23.6 Å². The Hall–Kier alpha value is -3.39. The molecule has 8 atom stereocenters. The lowest BCUT2D eigenvalue weighted by Crippen LogP contribution is -2.55. The summed E-state index contributed by atoms with van der Waals surface area (Å²) in [6.07, 6.45) is 1.84. The number of nitrogens with two attached hydrogens (primary N) is 1. The van der Waals surface area contributed by atoms with Crippen molar-refractivity contribution in [2.24, 2.45) is 35.3 Å². The van der Waals surface area contributed by atoms with E-state index in [1.54, 1.807) is 26.2 Å². The van der Waals surface area contributed by atoms with Gasteiger partial charge in [-0.25, -0.2) is 0 Å². The number of hydrogen-bond acceptors (Lipinski definition) is 12. The Morgan fingerprint density at radius 1 is 0.705 bits per heavy atom. The van der Waals surface area contributed by atoms with Crippen LogP contribution in [0.25, 0.3) is 0 Å². The zero-order valence-electron chi connectivity index (χ0n) is 41.5. The van der Waals surface area contributed by atoms with Crippen LogP contribution in [0.4, 0.5) is 0 Å². The molecule has 13 heteroatoms. The van der Waals surface area contributed by atoms with Gasteiger partial charge in [0, 0.05) is 33.2 Å². The topological polar surface area (TPSA) is 173 Å². The van der Waals surface area contributed by atoms with Gasteiger partial charge in [-0.1, -0.05) is 98.6 Å². The second-order valence-electron chi connectivity index (χ2n) is 18.7. The first-order valence-corrected chi connectivity index (χ1v) is 22.0. The summed E-state index contributed by atoms with van der Waals surface area (Å²) in [6, 6.07) is 8.85. The molecule has 354 valence electrons. The van der Waals surface area contributed by atoms with Gasteiger partial charge in [0.25, 0.3) is 0 Å². The van der Waals surface area contributed by atoms with Crippen molar-refractivity contribution in [3.63, 3.8) is 0 Å². The maximum Gasteiger partial charge on any atom is 0.309 e. The van der Waals surface area contributed by atoms with Crippen LogP contribution in [0.15, 0.2) is 30.3 Å². The number of nitrogens with zero attached hydrogens (tertiary/aromatic N) is 1. The quantitative estimate of drug-likeness (QED) is 0.0853. The Morgan fingerprint density at radius 2 is 1.16 bits per heavy atom. The van der Waals surface area contributed by atoms with E-state index in [2.05, 4.69) is 33.0 Å². The second kappa shape index (κ2) is 29.8. The number of carbonyl (C=O) groups excluding carboxylic acids is 5. The summed E-state index contributed by atoms with van der Waals surface area (Å²) in [4.78, 5) is 61.5. The SMILES string of the molecule is CC(=O)[C@@H](CC(=O)OCc1ccccc1)C(C)C.CC[C@H](C)[C@@H]([C@@H](CC(=O)OC(C)(C)C)OC)N(C)C(=O)[C@@H](N)C(C)C.CC[C@H](C)[C@H](NC)[C@@H](CC(=O)OC(C)(C)C)OC. The molecule has 1 aromatic rings. The van der Waals surface area contributed by atoms with E-state index in [-0.39, 0.29) is 97.3 Å². The van der Waals surface area contributed by atoms with Crippen LogP contribution < -0.4 is 11.1 Å². The van der Waals surface area contributed by atoms with Gasteiger partial charge in [-0.15, -0.1) is 0 Å². The first-order valence-electron chi connectivity index (χ1n) is 22.0. The fourth-order valence-electron chi connectivity index (χ4n) is 6.62. The largest absolute Gasteiger partial charge is 0.461 e. The lowest BCUT2D eigenvalue weighted by atomic mass is 9.89. The van der Waals surface area contributed by atoms with Crippen molar-refractivity contribution in [2.75, 3.05) is 28.3 Å². The van der Waals surface area contributed by atoms with E-state index in [1.807, 2.05) is 107 Å². The average Bonchev–Trinajstić information content (AvgIpc) is 3.16. The van der Waals surface area contributed by atoms with Gasteiger partial charge in [-0.2, -0.15) is 0 Å². The van der Waals surface area contributed by atoms with Gasteiger partial charge in [0.2, 0.25) is 5.91 Å². The van der Waals surface area contributed by atoms with Crippen molar-refractivity contribution in [3.8, 4) is 0 Å². The zero-order valence-corrected chi connectivity index (χ0v) is 41.5. The molecule has 0 heterocycles. The minimum atomic E-state index is -0.574. The fraction of sp³-hybridized carbons (Fsp3) is 0.771. The lowest BCUT2D eigenvalue weighted by Gasteiger charge is -2.39. The number of likely N-dealkylation sites (N-methyl/N-ethyl adjacent to an activating group) is 2. The van der Waals surface area contributed by atoms with Gasteiger partial charge in [0.15, 0.2) is 0 Å². The van der Waals surface area contributed by atoms with E-state index < -0.39 is 23.3 Å². The highest BCUT2D eigenvalue weighted by atomic mass is 16.6. The van der Waals surface area contributed by atoms with E-state index in [1.165, 1.54) is 6.92 Å². The smallest absolute Gasteiger partial charge is 0.309 e. The number of methoxy groups -OCH3 is 2. The third-order valence-electron chi connectivity index (χ3n) is 10.5. The number of rotatable bonds is 22. The highest BCUT2D eigenvalue weighted by Crippen LogP contribution is 2.24. The van der Waals surface area contributed by atoms with Gasteiger partial charge >= 0.3 is 17.9 Å². The standard InChI is InChI=1S/C19H38N2O4.C15H20O3.C14H29NO3/c1-10-13(4)17(21(8)18(23)16(20)12(2)3)14(24-9)11-15(22)25-19(5,6)7;1-11(2)14(12(3)16)9-15(17)18-10-13-7-5-4-6-8-13;1-8-10(2)13(15-6)11(17-7)9-12(16)18-14(3,4)5/h12-14,16-17H,10-11,20H2,1-9H3;4-8,11,14H,9-10H2,1-3H3;10-11,13,15H,8-9H2,1-7H3/t13-,14+,16-,17-;14-;10-,11+,13-/m000/s1. The van der Waals surface area contributed by atoms with Crippen LogP contribution in [0.3, 0.4) is 0 Å². The van der Waals surface area contributed by atoms with Crippen LogP contribution in [-0.2, 0) is 54.3 Å². The van der Waals surface area contributed by atoms with Crippen LogP contribution in [0.5, 0.6) is 0 Å². The lowest BCUT2D eigenvalue weighted by molar-refractivity contribution is -0.161. The van der Waals surface area contributed by atoms with Crippen LogP contribution >= 0.6 is 0 Å². The van der Waals surface area contributed by atoms with Crippen molar-refractivity contribution >= 4 is 29.6 Å². The molecule has 3 N–H and O–H groups in total. The summed E-state index contributed by atoms with van der Waals surface area (Å²) >= 11 is 0. The molecular formula is C48H87N3O10. The first-order chi connectivity index (χ1) is 28.1. The molecule has 13 nitrogen and oxygen atoms in total. The number of ether oxygens (including phenoxy) is 5. The molecule has 0 spiro atoms. The number of benzene rings is 1. The predicted molar refractivity (Wildman–Crippen MR) is 244 cm³/mol. The maximum atomic E-state index is 12.7. The van der Waals surface area contributed by atoms with E-state index in [4.69, 9.17) is 29.4 Å². The predicted octanol–water partition coefficient (Wildman–Crippen LogP) is 7.94. The van der Waals surface area contributed by atoms with Crippen molar-refractivity contribution in [2.45, 2.75) is 184 Å². The van der Waals surface area contributed by atoms with Crippen LogP contribution in [-0.4, -0.2) is 104 Å². The summed E-state index contributed by atoms with van der Waals surface area (Å²) in [5.41, 5.74) is 6.00. The van der Waals surface area contributed by atoms with Gasteiger partial charge < -0.3 is 39.6 Å². The van der Waals surface area contributed by atoms with Gasteiger partial charge in [-0.3, -0.25) is 24.0 Å². The molecule has 0 aliphatic rings. The number of carbonyl (C=O) groups is 5. The molecule has 0 aromatic heterocycles. The summed E-state index contributed by atoms with van der Waals surface area (Å²) in [6.45, 7) is 29.0. The molecule has 0 aliphatic heterocycles. The van der Waals surface area contributed by atoms with E-state index in [0.29, 0.717) is 5.92 Å². The van der Waals surface area contributed by atoms with Crippen LogP contribution in [0.1, 0.15) is 142 Å². The average molecular weight is 866 g/mol. The normalized spacial score (nSPS) is 15.6. The number of amides is 1. The fourth-order valence-corrected chi connectivity index (χ4v) is 6.62. The molecule has 0 radical (unpaired) electrons.